The van der Waals surface area contributed by atoms with E-state index in [1.165, 1.54) is 4.68 Å². The van der Waals surface area contributed by atoms with Gasteiger partial charge in [-0.1, -0.05) is 0 Å². The van der Waals surface area contributed by atoms with Gasteiger partial charge >= 0.3 is 6.03 Å². The van der Waals surface area contributed by atoms with Gasteiger partial charge in [-0.05, 0) is 38.1 Å². The van der Waals surface area contributed by atoms with Gasteiger partial charge in [0.15, 0.2) is 0 Å². The molecule has 0 radical (unpaired) electrons. The quantitative estimate of drug-likeness (QED) is 0.525. The first kappa shape index (κ1) is 16.2. The maximum atomic E-state index is 12.7. The molecule has 132 valence electrons. The molecule has 0 bridgehead atoms. The van der Waals surface area contributed by atoms with Crippen LogP contribution in [0.15, 0.2) is 43.0 Å². The molecule has 8 nitrogen and oxygen atoms in total. The second-order valence-corrected chi connectivity index (χ2v) is 6.76. The highest BCUT2D eigenvalue weighted by molar-refractivity contribution is 6.04. The minimum absolute atomic E-state index is 0.115. The molecule has 0 saturated carbocycles. The van der Waals surface area contributed by atoms with E-state index < -0.39 is 11.6 Å². The first-order valence-electron chi connectivity index (χ1n) is 8.19. The molecule has 8 heteroatoms. The van der Waals surface area contributed by atoms with Crippen LogP contribution >= 0.6 is 0 Å². The third-order valence-electron chi connectivity index (χ3n) is 4.04. The second-order valence-electron chi connectivity index (χ2n) is 6.76. The van der Waals surface area contributed by atoms with Gasteiger partial charge in [0.25, 0.3) is 0 Å². The van der Waals surface area contributed by atoms with Crippen LogP contribution in [0.2, 0.25) is 0 Å². The molecule has 0 atom stereocenters. The fourth-order valence-electron chi connectivity index (χ4n) is 2.79. The van der Waals surface area contributed by atoms with Crippen molar-refractivity contribution in [1.29, 1.82) is 0 Å². The number of aromatic amines is 1. The first-order valence-corrected chi connectivity index (χ1v) is 8.19. The highest BCUT2D eigenvalue weighted by atomic mass is 16.3. The number of hydrogen-bond donors (Lipinski definition) is 3. The summed E-state index contributed by atoms with van der Waals surface area (Å²) < 4.78 is 1.32. The molecule has 26 heavy (non-hydrogen) atoms. The van der Waals surface area contributed by atoms with Crippen LogP contribution in [0.25, 0.3) is 33.2 Å². The predicted molar refractivity (Wildman–Crippen MR) is 97.7 cm³/mol. The molecule has 0 saturated heterocycles. The molecule has 4 aromatic rings. The van der Waals surface area contributed by atoms with Crippen molar-refractivity contribution in [2.75, 3.05) is 6.54 Å². The maximum absolute atomic E-state index is 12.7. The SMILES string of the molecule is CC(C)(O)CNC(=O)n1nc(-c2ccncc2)c2cc3nc[nH]c3cc21. The van der Waals surface area contributed by atoms with Gasteiger partial charge in [-0.3, -0.25) is 4.98 Å². The van der Waals surface area contributed by atoms with E-state index in [0.717, 1.165) is 22.0 Å². The summed E-state index contributed by atoms with van der Waals surface area (Å²) in [5.41, 5.74) is 2.78. The summed E-state index contributed by atoms with van der Waals surface area (Å²) in [6.45, 7) is 3.38. The van der Waals surface area contributed by atoms with E-state index in [9.17, 15) is 9.90 Å². The number of carbonyl (C=O) groups excluding carboxylic acids is 1. The monoisotopic (exact) mass is 350 g/mol. The standard InChI is InChI=1S/C18H18N6O2/c1-18(2,26)9-20-17(25)24-15-8-14-13(21-10-22-14)7-12(15)16(23-24)11-3-5-19-6-4-11/h3-8,10,26H,9H2,1-2H3,(H,20,25)(H,21,22). The van der Waals surface area contributed by atoms with E-state index in [1.54, 1.807) is 32.6 Å². The van der Waals surface area contributed by atoms with Crippen molar-refractivity contribution in [2.24, 2.45) is 0 Å². The van der Waals surface area contributed by atoms with Crippen molar-refractivity contribution in [3.05, 3.63) is 43.0 Å². The summed E-state index contributed by atoms with van der Waals surface area (Å²) in [5.74, 6) is 0. The number of aromatic nitrogens is 5. The van der Waals surface area contributed by atoms with E-state index in [1.807, 2.05) is 24.3 Å². The van der Waals surface area contributed by atoms with Crippen molar-refractivity contribution in [1.82, 2.24) is 30.0 Å². The lowest BCUT2D eigenvalue weighted by Gasteiger charge is -2.17. The largest absolute Gasteiger partial charge is 0.389 e. The second kappa shape index (κ2) is 5.92. The summed E-state index contributed by atoms with van der Waals surface area (Å²) in [4.78, 5) is 24.0. The van der Waals surface area contributed by atoms with Crippen LogP contribution in [0.3, 0.4) is 0 Å². The van der Waals surface area contributed by atoms with Crippen molar-refractivity contribution >= 4 is 28.0 Å². The summed E-state index contributed by atoms with van der Waals surface area (Å²) in [5, 5.41) is 17.9. The molecule has 3 heterocycles. The van der Waals surface area contributed by atoms with Crippen molar-refractivity contribution in [3.63, 3.8) is 0 Å². The number of rotatable bonds is 3. The zero-order valence-electron chi connectivity index (χ0n) is 14.4. The summed E-state index contributed by atoms with van der Waals surface area (Å²) in [6, 6.07) is 7.03. The highest BCUT2D eigenvalue weighted by Crippen LogP contribution is 2.30. The first-order chi connectivity index (χ1) is 12.4. The van der Waals surface area contributed by atoms with Gasteiger partial charge in [0.05, 0.1) is 28.5 Å². The number of nitrogens with one attached hydrogen (secondary N) is 2. The molecule has 0 unspecified atom stereocenters. The molecule has 0 aliphatic carbocycles. The summed E-state index contributed by atoms with van der Waals surface area (Å²) in [6.07, 6.45) is 4.98. The Morgan fingerprint density at radius 3 is 2.81 bits per heavy atom. The number of nitrogens with zero attached hydrogens (tertiary/aromatic N) is 4. The van der Waals surface area contributed by atoms with E-state index in [-0.39, 0.29) is 6.54 Å². The number of amides is 1. The number of H-pyrrole nitrogens is 1. The zero-order chi connectivity index (χ0) is 18.3. The Kier molecular flexibility index (Phi) is 3.69. The van der Waals surface area contributed by atoms with Crippen LogP contribution in [0.1, 0.15) is 13.8 Å². The third kappa shape index (κ3) is 2.91. The molecule has 0 aliphatic rings. The Morgan fingerprint density at radius 2 is 2.08 bits per heavy atom. The van der Waals surface area contributed by atoms with Crippen molar-refractivity contribution in [2.45, 2.75) is 19.4 Å². The fraction of sp³-hybridized carbons (Fsp3) is 0.222. The molecular formula is C18H18N6O2. The van der Waals surface area contributed by atoms with E-state index in [4.69, 9.17) is 0 Å². The minimum Gasteiger partial charge on any atom is -0.389 e. The Hall–Kier alpha value is -3.26. The maximum Gasteiger partial charge on any atom is 0.342 e. The lowest BCUT2D eigenvalue weighted by molar-refractivity contribution is 0.0819. The molecule has 1 amide bonds. The number of carbonyl (C=O) groups is 1. The summed E-state index contributed by atoms with van der Waals surface area (Å²) >= 11 is 0. The predicted octanol–water partition coefficient (Wildman–Crippen LogP) is 2.30. The van der Waals surface area contributed by atoms with Crippen molar-refractivity contribution < 1.29 is 9.90 Å². The number of pyridine rings is 1. The number of imidazole rings is 1. The Bertz CT molecular complexity index is 1090. The number of aliphatic hydroxyl groups is 1. The van der Waals surface area contributed by atoms with Crippen LogP contribution < -0.4 is 5.32 Å². The van der Waals surface area contributed by atoms with Crippen molar-refractivity contribution in [3.8, 4) is 11.3 Å². The average Bonchev–Trinajstić information content (AvgIpc) is 3.21. The number of hydrogen-bond acceptors (Lipinski definition) is 5. The van der Waals surface area contributed by atoms with Gasteiger partial charge < -0.3 is 15.4 Å². The van der Waals surface area contributed by atoms with Gasteiger partial charge in [-0.2, -0.15) is 9.78 Å². The van der Waals surface area contributed by atoms with E-state index in [0.29, 0.717) is 11.2 Å². The Labute approximate surface area is 148 Å². The van der Waals surface area contributed by atoms with E-state index in [2.05, 4.69) is 25.4 Å². The molecule has 0 fully saturated rings. The van der Waals surface area contributed by atoms with E-state index >= 15 is 0 Å². The summed E-state index contributed by atoms with van der Waals surface area (Å²) in [7, 11) is 0. The number of benzene rings is 1. The Balaban J connectivity index is 1.88. The normalized spacial score (nSPS) is 12.0. The van der Waals surface area contributed by atoms with Gasteiger partial charge in [0, 0.05) is 29.9 Å². The van der Waals surface area contributed by atoms with Gasteiger partial charge in [-0.15, -0.1) is 0 Å². The topological polar surface area (TPSA) is 109 Å². The number of fused-ring (bicyclic) bond motifs is 2. The Morgan fingerprint density at radius 1 is 1.31 bits per heavy atom. The van der Waals surface area contributed by atoms with Crippen LogP contribution in [0.4, 0.5) is 4.79 Å². The fourth-order valence-corrected chi connectivity index (χ4v) is 2.79. The lowest BCUT2D eigenvalue weighted by atomic mass is 10.1. The van der Waals surface area contributed by atoms with Gasteiger partial charge in [0.2, 0.25) is 0 Å². The smallest absolute Gasteiger partial charge is 0.342 e. The molecule has 0 spiro atoms. The molecule has 3 aromatic heterocycles. The molecule has 1 aromatic carbocycles. The minimum atomic E-state index is -1.01. The van der Waals surface area contributed by atoms with Crippen LogP contribution in [0, 0.1) is 0 Å². The average molecular weight is 350 g/mol. The lowest BCUT2D eigenvalue weighted by Crippen LogP contribution is -2.40. The zero-order valence-corrected chi connectivity index (χ0v) is 14.4. The molecular weight excluding hydrogens is 332 g/mol. The van der Waals surface area contributed by atoms with Crippen LogP contribution in [-0.4, -0.2) is 48.0 Å². The highest BCUT2D eigenvalue weighted by Gasteiger charge is 2.20. The molecule has 0 aliphatic heterocycles. The van der Waals surface area contributed by atoms with Crippen LogP contribution in [-0.2, 0) is 0 Å². The van der Waals surface area contributed by atoms with Gasteiger partial charge in [0.1, 0.15) is 5.69 Å². The molecule has 4 rings (SSSR count). The van der Waals surface area contributed by atoms with Crippen LogP contribution in [0.5, 0.6) is 0 Å². The van der Waals surface area contributed by atoms with Gasteiger partial charge in [-0.25, -0.2) is 9.78 Å². The molecule has 3 N–H and O–H groups in total. The third-order valence-corrected chi connectivity index (χ3v) is 4.04.